The van der Waals surface area contributed by atoms with Crippen LogP contribution in [0.1, 0.15) is 6.92 Å². The molecule has 0 amide bonds. The van der Waals surface area contributed by atoms with E-state index in [0.29, 0.717) is 5.89 Å². The molecular formula is C10H11N3O2S. The first-order valence-corrected chi connectivity index (χ1v) is 6.51. The Morgan fingerprint density at radius 3 is 2.62 bits per heavy atom. The van der Waals surface area contributed by atoms with Gasteiger partial charge in [-0.05, 0) is 12.1 Å². The first-order valence-electron chi connectivity index (χ1n) is 4.79. The molecule has 84 valence electrons. The molecule has 2 aromatic rings. The minimum Gasteiger partial charge on any atom is -0.409 e. The highest BCUT2D eigenvalue weighted by molar-refractivity contribution is 7.92. The number of nitrogens with zero attached hydrogens (tertiary/aromatic N) is 2. The Morgan fingerprint density at radius 1 is 1.31 bits per heavy atom. The van der Waals surface area contributed by atoms with Crippen LogP contribution in [0.3, 0.4) is 0 Å². The highest BCUT2D eigenvalue weighted by Crippen LogP contribution is 2.19. The van der Waals surface area contributed by atoms with Gasteiger partial charge in [0.25, 0.3) is 0 Å². The zero-order valence-corrected chi connectivity index (χ0v) is 9.53. The summed E-state index contributed by atoms with van der Waals surface area (Å²) in [6.45, 7) is 1.65. The zero-order valence-electron chi connectivity index (χ0n) is 8.71. The van der Waals surface area contributed by atoms with Crippen LogP contribution in [0.4, 0.5) is 0 Å². The van der Waals surface area contributed by atoms with Crippen molar-refractivity contribution in [1.29, 1.82) is 4.78 Å². The molecule has 0 radical (unpaired) electrons. The quantitative estimate of drug-likeness (QED) is 0.887. The van der Waals surface area contributed by atoms with Gasteiger partial charge in [0.2, 0.25) is 5.89 Å². The number of hydrogen-bond acceptors (Lipinski definition) is 5. The third-order valence-corrected chi connectivity index (χ3v) is 3.66. The van der Waals surface area contributed by atoms with Crippen molar-refractivity contribution >= 4 is 9.73 Å². The molecule has 16 heavy (non-hydrogen) atoms. The van der Waals surface area contributed by atoms with Gasteiger partial charge in [-0.1, -0.05) is 30.2 Å². The molecular weight excluding hydrogens is 226 g/mol. The van der Waals surface area contributed by atoms with E-state index in [-0.39, 0.29) is 11.0 Å². The van der Waals surface area contributed by atoms with Crippen LogP contribution in [-0.4, -0.2) is 20.2 Å². The average Bonchev–Trinajstić information content (AvgIpc) is 2.80. The van der Waals surface area contributed by atoms with Crippen molar-refractivity contribution in [3.63, 3.8) is 0 Å². The number of aromatic nitrogens is 2. The third-order valence-electron chi connectivity index (χ3n) is 2.12. The first kappa shape index (κ1) is 10.8. The van der Waals surface area contributed by atoms with Crippen LogP contribution in [0.5, 0.6) is 0 Å². The fourth-order valence-corrected chi connectivity index (χ4v) is 1.80. The molecule has 1 heterocycles. The molecule has 2 rings (SSSR count). The summed E-state index contributed by atoms with van der Waals surface area (Å²) < 4.78 is 24.4. The van der Waals surface area contributed by atoms with E-state index in [4.69, 9.17) is 9.20 Å². The van der Waals surface area contributed by atoms with Gasteiger partial charge >= 0.3 is 5.22 Å². The molecule has 0 unspecified atom stereocenters. The largest absolute Gasteiger partial charge is 0.409 e. The normalized spacial score (nSPS) is 14.6. The highest BCUT2D eigenvalue weighted by atomic mass is 32.2. The summed E-state index contributed by atoms with van der Waals surface area (Å²) in [7, 11) is -2.93. The summed E-state index contributed by atoms with van der Waals surface area (Å²) >= 11 is 0. The molecule has 1 aromatic heterocycles. The second kappa shape index (κ2) is 4.05. The maximum Gasteiger partial charge on any atom is 0.316 e. The van der Waals surface area contributed by atoms with Crippen molar-refractivity contribution < 1.29 is 8.63 Å². The average molecular weight is 237 g/mol. The number of nitrogens with one attached hydrogen (secondary N) is 1. The van der Waals surface area contributed by atoms with Crippen molar-refractivity contribution in [2.75, 3.05) is 5.75 Å². The van der Waals surface area contributed by atoms with Gasteiger partial charge in [-0.2, -0.15) is 0 Å². The van der Waals surface area contributed by atoms with E-state index >= 15 is 0 Å². The van der Waals surface area contributed by atoms with Crippen molar-refractivity contribution in [1.82, 2.24) is 10.2 Å². The lowest BCUT2D eigenvalue weighted by Gasteiger charge is -1.95. The van der Waals surface area contributed by atoms with Gasteiger partial charge in [-0.25, -0.2) is 8.99 Å². The van der Waals surface area contributed by atoms with Crippen molar-refractivity contribution in [3.05, 3.63) is 30.3 Å². The fraction of sp³-hybridized carbons (Fsp3) is 0.200. The Balaban J connectivity index is 2.42. The Kier molecular flexibility index (Phi) is 2.74. The molecule has 0 aliphatic rings. The fourth-order valence-electron chi connectivity index (χ4n) is 1.16. The van der Waals surface area contributed by atoms with E-state index in [2.05, 4.69) is 10.2 Å². The van der Waals surface area contributed by atoms with Gasteiger partial charge < -0.3 is 4.42 Å². The van der Waals surface area contributed by atoms with Gasteiger partial charge in [0, 0.05) is 11.3 Å². The molecule has 1 N–H and O–H groups in total. The number of hydrogen-bond donors (Lipinski definition) is 1. The molecule has 0 aliphatic heterocycles. The predicted octanol–water partition coefficient (Wildman–Crippen LogP) is 2.16. The molecule has 1 aromatic carbocycles. The van der Waals surface area contributed by atoms with Crippen LogP contribution in [0.2, 0.25) is 0 Å². The Bertz CT molecular complexity index is 575. The SMILES string of the molecule is CC[S@@](=N)(=O)c1nnc(-c2ccccc2)o1. The van der Waals surface area contributed by atoms with E-state index in [1.165, 1.54) is 0 Å². The Morgan fingerprint density at radius 2 is 2.00 bits per heavy atom. The van der Waals surface area contributed by atoms with E-state index in [0.717, 1.165) is 5.56 Å². The van der Waals surface area contributed by atoms with Crippen molar-refractivity contribution in [2.45, 2.75) is 12.1 Å². The minimum atomic E-state index is -2.93. The van der Waals surface area contributed by atoms with Crippen molar-refractivity contribution in [3.8, 4) is 11.5 Å². The second-order valence-electron chi connectivity index (χ2n) is 3.20. The smallest absolute Gasteiger partial charge is 0.316 e. The second-order valence-corrected chi connectivity index (χ2v) is 5.48. The van der Waals surface area contributed by atoms with E-state index in [9.17, 15) is 4.21 Å². The van der Waals surface area contributed by atoms with Gasteiger partial charge in [0.1, 0.15) is 9.73 Å². The van der Waals surface area contributed by atoms with Crippen LogP contribution in [0, 0.1) is 4.78 Å². The monoisotopic (exact) mass is 237 g/mol. The van der Waals surface area contributed by atoms with Gasteiger partial charge in [-0.15, -0.1) is 5.10 Å². The topological polar surface area (TPSA) is 79.8 Å². The van der Waals surface area contributed by atoms with E-state index in [1.807, 2.05) is 30.3 Å². The van der Waals surface area contributed by atoms with Gasteiger partial charge in [-0.3, -0.25) is 0 Å². The lowest BCUT2D eigenvalue weighted by Crippen LogP contribution is -2.01. The minimum absolute atomic E-state index is 0.103. The summed E-state index contributed by atoms with van der Waals surface area (Å²) in [6.07, 6.45) is 0. The molecule has 0 saturated carbocycles. The Labute approximate surface area is 93.5 Å². The summed E-state index contributed by atoms with van der Waals surface area (Å²) in [5.74, 6) is 0.465. The predicted molar refractivity (Wildman–Crippen MR) is 59.4 cm³/mol. The number of benzene rings is 1. The van der Waals surface area contributed by atoms with Crippen molar-refractivity contribution in [2.24, 2.45) is 0 Å². The summed E-state index contributed by atoms with van der Waals surface area (Å²) in [5, 5.41) is 7.34. The molecule has 0 bridgehead atoms. The molecule has 0 fully saturated rings. The highest BCUT2D eigenvalue weighted by Gasteiger charge is 2.16. The third kappa shape index (κ3) is 1.96. The maximum atomic E-state index is 11.7. The molecule has 0 spiro atoms. The zero-order chi connectivity index (χ0) is 11.6. The first-order chi connectivity index (χ1) is 7.63. The molecule has 0 saturated heterocycles. The standard InChI is InChI=1S/C10H11N3O2S/c1-2-16(11,14)10-13-12-9(15-10)8-6-4-3-5-7-8/h3-7,11H,2H2,1H3/t16-/m1/s1. The van der Waals surface area contributed by atoms with Gasteiger partial charge in [0.15, 0.2) is 0 Å². The van der Waals surface area contributed by atoms with Crippen LogP contribution >= 0.6 is 0 Å². The number of rotatable bonds is 3. The molecule has 5 nitrogen and oxygen atoms in total. The van der Waals surface area contributed by atoms with Crippen LogP contribution in [-0.2, 0) is 9.73 Å². The van der Waals surface area contributed by atoms with E-state index in [1.54, 1.807) is 6.92 Å². The molecule has 1 atom stereocenters. The Hall–Kier alpha value is -1.69. The maximum absolute atomic E-state index is 11.7. The van der Waals surface area contributed by atoms with Crippen LogP contribution in [0.25, 0.3) is 11.5 Å². The lowest BCUT2D eigenvalue weighted by molar-refractivity contribution is 0.453. The van der Waals surface area contributed by atoms with E-state index < -0.39 is 9.73 Å². The molecule has 0 aliphatic carbocycles. The van der Waals surface area contributed by atoms with Gasteiger partial charge in [0.05, 0.1) is 0 Å². The molecule has 6 heteroatoms. The summed E-state index contributed by atoms with van der Waals surface area (Å²) in [5.41, 5.74) is 0.757. The van der Waals surface area contributed by atoms with Crippen LogP contribution < -0.4 is 0 Å². The summed E-state index contributed by atoms with van der Waals surface area (Å²) in [6, 6.07) is 9.19. The lowest BCUT2D eigenvalue weighted by atomic mass is 10.2. The summed E-state index contributed by atoms with van der Waals surface area (Å²) in [4.78, 5) is 0. The van der Waals surface area contributed by atoms with Crippen LogP contribution in [0.15, 0.2) is 40.0 Å².